The third kappa shape index (κ3) is 5.19. The monoisotopic (exact) mass is 448 g/mol. The van der Waals surface area contributed by atoms with Crippen LogP contribution in [0.3, 0.4) is 0 Å². The van der Waals surface area contributed by atoms with E-state index in [0.717, 1.165) is 53.9 Å². The van der Waals surface area contributed by atoms with Gasteiger partial charge in [0.05, 0.1) is 11.0 Å². The molecule has 1 aliphatic carbocycles. The van der Waals surface area contributed by atoms with Gasteiger partial charge in [0.2, 0.25) is 0 Å². The van der Waals surface area contributed by atoms with Crippen LogP contribution < -0.4 is 10.1 Å². The predicted octanol–water partition coefficient (Wildman–Crippen LogP) is 4.45. The lowest BCUT2D eigenvalue weighted by Gasteiger charge is -2.24. The molecule has 2 aromatic carbocycles. The highest BCUT2D eigenvalue weighted by atomic mass is 32.1. The van der Waals surface area contributed by atoms with Crippen molar-refractivity contribution in [3.8, 4) is 5.75 Å². The van der Waals surface area contributed by atoms with Crippen LogP contribution in [0, 0.1) is 0 Å². The number of ketones is 1. The van der Waals surface area contributed by atoms with E-state index in [1.165, 1.54) is 24.2 Å². The highest BCUT2D eigenvalue weighted by Gasteiger charge is 2.25. The van der Waals surface area contributed by atoms with E-state index in [9.17, 15) is 9.59 Å². The minimum absolute atomic E-state index is 0.117. The van der Waals surface area contributed by atoms with Crippen LogP contribution >= 0.6 is 11.3 Å². The summed E-state index contributed by atoms with van der Waals surface area (Å²) < 4.78 is 6.86. The van der Waals surface area contributed by atoms with Crippen LogP contribution in [-0.4, -0.2) is 48.4 Å². The number of hydrogen-bond acceptors (Lipinski definition) is 5. The molecule has 1 N–H and O–H groups in total. The summed E-state index contributed by atoms with van der Waals surface area (Å²) in [5.41, 5.74) is 1.13. The molecule has 1 amide bonds. The Bertz CT molecular complexity index is 1060. The van der Waals surface area contributed by atoms with Crippen LogP contribution in [-0.2, 0) is 11.2 Å². The minimum atomic E-state index is -0.519. The number of rotatable bonds is 9. The van der Waals surface area contributed by atoms with Crippen LogP contribution in [0.5, 0.6) is 5.75 Å². The molecule has 0 spiro atoms. The number of amides is 1. The molecule has 1 atom stereocenters. The number of carbonyl (C=O) groups is 2. The molecule has 1 aromatic heterocycles. The number of nitrogens with one attached hydrogen (secondary N) is 1. The van der Waals surface area contributed by atoms with Crippen molar-refractivity contribution >= 4 is 33.1 Å². The summed E-state index contributed by atoms with van der Waals surface area (Å²) in [5, 5.41) is 4.03. The zero-order chi connectivity index (χ0) is 21.9. The topological polar surface area (TPSA) is 58.6 Å². The van der Waals surface area contributed by atoms with E-state index in [0.29, 0.717) is 17.4 Å². The van der Waals surface area contributed by atoms with Crippen LogP contribution in [0.25, 0.3) is 10.1 Å². The van der Waals surface area contributed by atoms with Gasteiger partial charge >= 0.3 is 0 Å². The third-order valence-electron chi connectivity index (χ3n) is 6.10. The second-order valence-corrected chi connectivity index (χ2v) is 9.90. The number of ether oxygens (including phenoxy) is 1. The van der Waals surface area contributed by atoms with Crippen molar-refractivity contribution in [1.29, 1.82) is 0 Å². The maximum atomic E-state index is 12.9. The molecule has 0 bridgehead atoms. The maximum Gasteiger partial charge on any atom is 0.293 e. The Kier molecular flexibility index (Phi) is 6.23. The molecule has 0 radical (unpaired) electrons. The van der Waals surface area contributed by atoms with Crippen molar-refractivity contribution < 1.29 is 14.3 Å². The molecule has 5 nitrogen and oxygen atoms in total. The fraction of sp³-hybridized carbons (Fsp3) is 0.385. The Morgan fingerprint density at radius 3 is 2.53 bits per heavy atom. The Labute approximate surface area is 192 Å². The first-order valence-electron chi connectivity index (χ1n) is 11.5. The third-order valence-corrected chi connectivity index (χ3v) is 7.22. The van der Waals surface area contributed by atoms with E-state index >= 15 is 0 Å². The van der Waals surface area contributed by atoms with Crippen molar-refractivity contribution in [3.63, 3.8) is 0 Å². The Balaban J connectivity index is 1.27. The zero-order valence-corrected chi connectivity index (χ0v) is 18.9. The summed E-state index contributed by atoms with van der Waals surface area (Å²) in [6.45, 7) is 2.85. The first-order chi connectivity index (χ1) is 15.6. The molecule has 6 heteroatoms. The van der Waals surface area contributed by atoms with Gasteiger partial charge in [0.25, 0.3) is 11.7 Å². The van der Waals surface area contributed by atoms with Crippen LogP contribution in [0.2, 0.25) is 0 Å². The van der Waals surface area contributed by atoms with Crippen LogP contribution in [0.1, 0.15) is 40.9 Å². The van der Waals surface area contributed by atoms with E-state index in [1.54, 1.807) is 0 Å². The van der Waals surface area contributed by atoms with Crippen molar-refractivity contribution in [3.05, 3.63) is 65.0 Å². The molecule has 1 aliphatic heterocycles. The lowest BCUT2D eigenvalue weighted by molar-refractivity contribution is -0.117. The molecule has 1 saturated heterocycles. The Morgan fingerprint density at radius 1 is 1.06 bits per heavy atom. The normalized spacial score (nSPS) is 17.4. The van der Waals surface area contributed by atoms with Gasteiger partial charge in [0.1, 0.15) is 5.75 Å². The fourth-order valence-electron chi connectivity index (χ4n) is 4.26. The molecule has 3 aromatic rings. The SMILES string of the molecule is O=C(NC(Cc1ccc(OC2CC2)cc1)CN1CCCC1)C(=O)c1cc2ccccc2s1. The molecule has 2 fully saturated rings. The number of hydrogen-bond donors (Lipinski definition) is 1. The molecular weight excluding hydrogens is 420 g/mol. The van der Waals surface area contributed by atoms with E-state index in [-0.39, 0.29) is 6.04 Å². The quantitative estimate of drug-likeness (QED) is 0.388. The largest absolute Gasteiger partial charge is 0.490 e. The average molecular weight is 449 g/mol. The number of thiophene rings is 1. The molecular formula is C26H28N2O3S. The first-order valence-corrected chi connectivity index (χ1v) is 12.3. The van der Waals surface area contributed by atoms with Gasteiger partial charge in [0, 0.05) is 17.3 Å². The number of benzene rings is 2. The summed E-state index contributed by atoms with van der Waals surface area (Å²) in [6.07, 6.45) is 5.72. The molecule has 1 saturated carbocycles. The van der Waals surface area contributed by atoms with Gasteiger partial charge < -0.3 is 15.0 Å². The molecule has 2 aliphatic rings. The smallest absolute Gasteiger partial charge is 0.293 e. The summed E-state index contributed by atoms with van der Waals surface area (Å²) >= 11 is 1.37. The van der Waals surface area contributed by atoms with Gasteiger partial charge in [-0.05, 0) is 80.4 Å². The van der Waals surface area contributed by atoms with E-state index < -0.39 is 11.7 Å². The summed E-state index contributed by atoms with van der Waals surface area (Å²) in [6, 6.07) is 17.7. The fourth-order valence-corrected chi connectivity index (χ4v) is 5.26. The number of Topliss-reactive ketones (excluding diaryl/α,β-unsaturated/α-hetero) is 1. The maximum absolute atomic E-state index is 12.9. The van der Waals surface area contributed by atoms with Gasteiger partial charge in [0.15, 0.2) is 0 Å². The Hall–Kier alpha value is -2.70. The molecule has 5 rings (SSSR count). The second kappa shape index (κ2) is 9.43. The average Bonchev–Trinajstić information content (AvgIpc) is 3.28. The number of fused-ring (bicyclic) bond motifs is 1. The van der Waals surface area contributed by atoms with Crippen molar-refractivity contribution in [2.75, 3.05) is 19.6 Å². The van der Waals surface area contributed by atoms with Crippen molar-refractivity contribution in [2.24, 2.45) is 0 Å². The highest BCUT2D eigenvalue weighted by Crippen LogP contribution is 2.27. The Morgan fingerprint density at radius 2 is 1.81 bits per heavy atom. The molecule has 2 heterocycles. The standard InChI is InChI=1S/C26H28N2O3S/c29-25(24-16-19-5-1-2-6-23(19)32-24)26(30)27-20(17-28-13-3-4-14-28)15-18-7-9-21(10-8-18)31-22-11-12-22/h1-2,5-10,16,20,22H,3-4,11-15,17H2,(H,27,30). The van der Waals surface area contributed by atoms with Gasteiger partial charge in [-0.15, -0.1) is 11.3 Å². The van der Waals surface area contributed by atoms with Crippen molar-refractivity contribution in [1.82, 2.24) is 10.2 Å². The van der Waals surface area contributed by atoms with Crippen LogP contribution in [0.4, 0.5) is 0 Å². The number of carbonyl (C=O) groups excluding carboxylic acids is 2. The van der Waals surface area contributed by atoms with E-state index in [1.807, 2.05) is 42.5 Å². The highest BCUT2D eigenvalue weighted by molar-refractivity contribution is 7.21. The van der Waals surface area contributed by atoms with Gasteiger partial charge in [-0.1, -0.05) is 30.3 Å². The van der Waals surface area contributed by atoms with E-state index in [2.05, 4.69) is 22.3 Å². The number of nitrogens with zero attached hydrogens (tertiary/aromatic N) is 1. The van der Waals surface area contributed by atoms with Gasteiger partial charge in [-0.25, -0.2) is 0 Å². The number of likely N-dealkylation sites (tertiary alicyclic amines) is 1. The van der Waals surface area contributed by atoms with Gasteiger partial charge in [-0.3, -0.25) is 9.59 Å². The summed E-state index contributed by atoms with van der Waals surface area (Å²) in [4.78, 5) is 28.6. The second-order valence-electron chi connectivity index (χ2n) is 8.82. The molecule has 32 heavy (non-hydrogen) atoms. The van der Waals surface area contributed by atoms with Crippen molar-refractivity contribution in [2.45, 2.75) is 44.2 Å². The lowest BCUT2D eigenvalue weighted by atomic mass is 10.0. The molecule has 1 unspecified atom stereocenters. The zero-order valence-electron chi connectivity index (χ0n) is 18.1. The summed E-state index contributed by atoms with van der Waals surface area (Å²) in [5.74, 6) is -0.0726. The summed E-state index contributed by atoms with van der Waals surface area (Å²) in [7, 11) is 0. The minimum Gasteiger partial charge on any atom is -0.490 e. The van der Waals surface area contributed by atoms with Gasteiger partial charge in [-0.2, -0.15) is 0 Å². The lowest BCUT2D eigenvalue weighted by Crippen LogP contribution is -2.46. The molecule has 166 valence electrons. The predicted molar refractivity (Wildman–Crippen MR) is 128 cm³/mol. The van der Waals surface area contributed by atoms with E-state index in [4.69, 9.17) is 4.74 Å². The van der Waals surface area contributed by atoms with Crippen LogP contribution in [0.15, 0.2) is 54.6 Å². The first kappa shape index (κ1) is 21.2.